The molecule has 1 N–H and O–H groups in total. The van der Waals surface area contributed by atoms with Gasteiger partial charge in [-0.25, -0.2) is 0 Å². The van der Waals surface area contributed by atoms with Crippen LogP contribution in [0.3, 0.4) is 0 Å². The lowest BCUT2D eigenvalue weighted by Gasteiger charge is -2.10. The van der Waals surface area contributed by atoms with Gasteiger partial charge in [0.05, 0.1) is 18.7 Å². The van der Waals surface area contributed by atoms with Gasteiger partial charge in [0.15, 0.2) is 0 Å². The third-order valence-corrected chi connectivity index (χ3v) is 4.60. The molecule has 0 amide bonds. The van der Waals surface area contributed by atoms with E-state index in [9.17, 15) is 4.79 Å². The van der Waals surface area contributed by atoms with Crippen molar-refractivity contribution in [1.29, 1.82) is 0 Å². The van der Waals surface area contributed by atoms with Gasteiger partial charge in [0.1, 0.15) is 0 Å². The number of aromatic nitrogens is 2. The Morgan fingerprint density at radius 1 is 1.59 bits per heavy atom. The van der Waals surface area contributed by atoms with Gasteiger partial charge in [0, 0.05) is 11.3 Å². The fourth-order valence-corrected chi connectivity index (χ4v) is 3.56. The maximum Gasteiger partial charge on any atom is 0.305 e. The van der Waals surface area contributed by atoms with Crippen molar-refractivity contribution in [2.75, 3.05) is 0 Å². The van der Waals surface area contributed by atoms with E-state index in [1.165, 1.54) is 11.3 Å². The lowest BCUT2D eigenvalue weighted by atomic mass is 9.98. The quantitative estimate of drug-likeness (QED) is 0.869. The van der Waals surface area contributed by atoms with Crippen LogP contribution >= 0.6 is 0 Å². The molecule has 1 aromatic heterocycles. The highest BCUT2D eigenvalue weighted by Crippen LogP contribution is 2.70. The van der Waals surface area contributed by atoms with Crippen molar-refractivity contribution < 1.29 is 9.90 Å². The first kappa shape index (κ1) is 10.8. The summed E-state index contributed by atoms with van der Waals surface area (Å²) >= 11 is 0. The van der Waals surface area contributed by atoms with Gasteiger partial charge in [0.2, 0.25) is 0 Å². The first-order chi connectivity index (χ1) is 7.93. The molecule has 2 aliphatic carbocycles. The van der Waals surface area contributed by atoms with Gasteiger partial charge < -0.3 is 5.11 Å². The van der Waals surface area contributed by atoms with Crippen molar-refractivity contribution in [3.05, 3.63) is 17.0 Å². The maximum atomic E-state index is 10.6. The predicted molar refractivity (Wildman–Crippen MR) is 62.9 cm³/mol. The van der Waals surface area contributed by atoms with Crippen molar-refractivity contribution in [2.45, 2.75) is 46.1 Å². The Kier molecular flexibility index (Phi) is 1.98. The van der Waals surface area contributed by atoms with E-state index in [0.29, 0.717) is 17.9 Å². The predicted octanol–water partition coefficient (Wildman–Crippen LogP) is 1.96. The molecule has 0 saturated heterocycles. The van der Waals surface area contributed by atoms with E-state index in [2.05, 4.69) is 18.9 Å². The summed E-state index contributed by atoms with van der Waals surface area (Å²) in [5.41, 5.74) is 4.23. The number of rotatable bonds is 3. The minimum Gasteiger partial charge on any atom is -0.481 e. The van der Waals surface area contributed by atoms with Crippen molar-refractivity contribution in [3.8, 4) is 0 Å². The molecule has 1 saturated carbocycles. The van der Waals surface area contributed by atoms with Gasteiger partial charge in [-0.3, -0.25) is 9.48 Å². The van der Waals surface area contributed by atoms with E-state index in [1.807, 2.05) is 11.6 Å². The molecule has 0 radical (unpaired) electrons. The fraction of sp³-hybridized carbons (Fsp3) is 0.692. The second-order valence-corrected chi connectivity index (χ2v) is 5.92. The van der Waals surface area contributed by atoms with Gasteiger partial charge in [-0.15, -0.1) is 0 Å². The van der Waals surface area contributed by atoms with Crippen LogP contribution in [0.2, 0.25) is 0 Å². The number of aryl methyl sites for hydroxylation is 2. The number of carbonyl (C=O) groups is 1. The number of hydrogen-bond donors (Lipinski definition) is 1. The summed E-state index contributed by atoms with van der Waals surface area (Å²) in [4.78, 5) is 10.6. The number of carboxylic acid groups (broad SMARTS) is 1. The second-order valence-electron chi connectivity index (χ2n) is 5.92. The highest BCUT2D eigenvalue weighted by Gasteiger charge is 2.63. The summed E-state index contributed by atoms with van der Waals surface area (Å²) in [6.45, 7) is 7.19. The Balaban J connectivity index is 1.89. The summed E-state index contributed by atoms with van der Waals surface area (Å²) in [6, 6.07) is 0. The van der Waals surface area contributed by atoms with E-state index in [-0.39, 0.29) is 6.42 Å². The number of nitrogens with zero attached hydrogens (tertiary/aromatic N) is 2. The Hall–Kier alpha value is -1.32. The molecule has 92 valence electrons. The standard InChI is InChI=1S/C13H18N2O2/c1-7-11-9(6-8-12(11)13(8,2)3)15(14-7)5-4-10(16)17/h8,12H,4-6H2,1-3H3,(H,16,17)/t8-,12+/m0/s1. The molecule has 1 fully saturated rings. The second kappa shape index (κ2) is 3.12. The van der Waals surface area contributed by atoms with Crippen LogP contribution in [0.1, 0.15) is 43.1 Å². The molecule has 1 heterocycles. The van der Waals surface area contributed by atoms with Crippen LogP contribution in [0.15, 0.2) is 0 Å². The number of fused-ring (bicyclic) bond motifs is 3. The van der Waals surface area contributed by atoms with Gasteiger partial charge in [-0.05, 0) is 30.6 Å². The number of aliphatic carboxylic acids is 1. The van der Waals surface area contributed by atoms with Gasteiger partial charge in [-0.1, -0.05) is 13.8 Å². The van der Waals surface area contributed by atoms with Crippen LogP contribution in [0.25, 0.3) is 0 Å². The molecule has 1 aromatic rings. The topological polar surface area (TPSA) is 55.1 Å². The van der Waals surface area contributed by atoms with Gasteiger partial charge in [0.25, 0.3) is 0 Å². The van der Waals surface area contributed by atoms with Gasteiger partial charge in [-0.2, -0.15) is 5.10 Å². The number of hydrogen-bond acceptors (Lipinski definition) is 2. The van der Waals surface area contributed by atoms with Crippen LogP contribution in [0, 0.1) is 18.3 Å². The Morgan fingerprint density at radius 3 is 2.94 bits per heavy atom. The molecular weight excluding hydrogens is 216 g/mol. The average Bonchev–Trinajstić information content (AvgIpc) is 2.63. The Bertz CT molecular complexity index is 502. The molecule has 0 unspecified atom stereocenters. The zero-order valence-electron chi connectivity index (χ0n) is 10.5. The molecule has 4 nitrogen and oxygen atoms in total. The average molecular weight is 234 g/mol. The highest BCUT2D eigenvalue weighted by molar-refractivity contribution is 5.66. The van der Waals surface area contributed by atoms with Crippen LogP contribution in [-0.4, -0.2) is 20.9 Å². The minimum absolute atomic E-state index is 0.159. The van der Waals surface area contributed by atoms with E-state index in [0.717, 1.165) is 18.0 Å². The third-order valence-electron chi connectivity index (χ3n) is 4.60. The molecule has 2 atom stereocenters. The normalized spacial score (nSPS) is 27.7. The molecule has 2 aliphatic rings. The smallest absolute Gasteiger partial charge is 0.305 e. The number of carboxylic acids is 1. The Labute approximate surface area is 101 Å². The van der Waals surface area contributed by atoms with Crippen molar-refractivity contribution >= 4 is 5.97 Å². The van der Waals surface area contributed by atoms with Crippen LogP contribution in [0.5, 0.6) is 0 Å². The van der Waals surface area contributed by atoms with Gasteiger partial charge >= 0.3 is 5.97 Å². The summed E-state index contributed by atoms with van der Waals surface area (Å²) in [5.74, 6) is 0.664. The van der Waals surface area contributed by atoms with Crippen molar-refractivity contribution in [3.63, 3.8) is 0 Å². The Morgan fingerprint density at radius 2 is 2.29 bits per heavy atom. The summed E-state index contributed by atoms with van der Waals surface area (Å²) in [5, 5.41) is 13.2. The van der Waals surface area contributed by atoms with E-state index >= 15 is 0 Å². The molecule has 0 aromatic carbocycles. The summed E-state index contributed by atoms with van der Waals surface area (Å²) in [7, 11) is 0. The molecule has 3 rings (SSSR count). The molecule has 0 spiro atoms. The maximum absolute atomic E-state index is 10.6. The minimum atomic E-state index is -0.754. The largest absolute Gasteiger partial charge is 0.481 e. The van der Waals surface area contributed by atoms with Crippen molar-refractivity contribution in [2.24, 2.45) is 11.3 Å². The van der Waals surface area contributed by atoms with Crippen LogP contribution < -0.4 is 0 Å². The monoisotopic (exact) mass is 234 g/mol. The molecule has 17 heavy (non-hydrogen) atoms. The van der Waals surface area contributed by atoms with E-state index in [1.54, 1.807) is 0 Å². The van der Waals surface area contributed by atoms with Crippen LogP contribution in [-0.2, 0) is 17.8 Å². The van der Waals surface area contributed by atoms with Crippen LogP contribution in [0.4, 0.5) is 0 Å². The molecule has 4 heteroatoms. The van der Waals surface area contributed by atoms with E-state index < -0.39 is 5.97 Å². The first-order valence-electron chi connectivity index (χ1n) is 6.21. The lowest BCUT2D eigenvalue weighted by molar-refractivity contribution is -0.137. The lowest BCUT2D eigenvalue weighted by Crippen LogP contribution is -2.10. The first-order valence-corrected chi connectivity index (χ1v) is 6.21. The third kappa shape index (κ3) is 1.36. The highest BCUT2D eigenvalue weighted by atomic mass is 16.4. The zero-order chi connectivity index (χ0) is 12.4. The SMILES string of the molecule is Cc1nn(CCC(=O)O)c2c1[C@H]1[C@H](C2)C1(C)C. The molecule has 0 bridgehead atoms. The van der Waals surface area contributed by atoms with E-state index in [4.69, 9.17) is 5.11 Å². The molecule has 0 aliphatic heterocycles. The fourth-order valence-electron chi connectivity index (χ4n) is 3.56. The molecular formula is C13H18N2O2. The summed E-state index contributed by atoms with van der Waals surface area (Å²) in [6.07, 6.45) is 1.24. The summed E-state index contributed by atoms with van der Waals surface area (Å²) < 4.78 is 1.92. The van der Waals surface area contributed by atoms with Crippen molar-refractivity contribution in [1.82, 2.24) is 9.78 Å². The zero-order valence-corrected chi connectivity index (χ0v) is 10.5.